The Morgan fingerprint density at radius 3 is 2.19 bits per heavy atom. The Bertz CT molecular complexity index is 658. The summed E-state index contributed by atoms with van der Waals surface area (Å²) in [7, 11) is 0. The number of para-hydroxylation sites is 1. The molecule has 0 aliphatic carbocycles. The van der Waals surface area contributed by atoms with Gasteiger partial charge in [-0.3, -0.25) is 14.7 Å². The first-order valence-electron chi connectivity index (χ1n) is 6.69. The quantitative estimate of drug-likeness (QED) is 0.628. The van der Waals surface area contributed by atoms with Crippen LogP contribution < -0.4 is 5.01 Å². The van der Waals surface area contributed by atoms with E-state index < -0.39 is 5.37 Å². The number of rotatable bonds is 2. The van der Waals surface area contributed by atoms with Gasteiger partial charge in [-0.25, -0.2) is 0 Å². The Balaban J connectivity index is 2.01. The van der Waals surface area contributed by atoms with Gasteiger partial charge >= 0.3 is 5.37 Å². The number of amides is 1. The van der Waals surface area contributed by atoms with Crippen LogP contribution in [-0.2, 0) is 0 Å². The third kappa shape index (κ3) is 2.90. The molecule has 0 bridgehead atoms. The van der Waals surface area contributed by atoms with Crippen LogP contribution in [0.25, 0.3) is 0 Å². The highest BCUT2D eigenvalue weighted by Gasteiger charge is 2.25. The van der Waals surface area contributed by atoms with Gasteiger partial charge in [0.2, 0.25) is 0 Å². The normalized spacial score (nSPS) is 14.8. The minimum Gasteiger partial charge on any atom is -0.279 e. The van der Waals surface area contributed by atoms with Crippen molar-refractivity contribution >= 4 is 28.5 Å². The summed E-state index contributed by atoms with van der Waals surface area (Å²) in [6.45, 7) is 1.11. The molecule has 1 aliphatic rings. The molecule has 1 heterocycles. The molecule has 2 aromatic carbocycles. The summed E-state index contributed by atoms with van der Waals surface area (Å²) in [5.74, 6) is 0.575. The van der Waals surface area contributed by atoms with E-state index in [9.17, 15) is 4.79 Å². The monoisotopic (exact) mass is 299 g/mol. The molecule has 3 rings (SSSR count). The number of carbonyl (C=O) groups excluding carboxylic acids is 1. The second kappa shape index (κ2) is 5.97. The highest BCUT2D eigenvalue weighted by Crippen LogP contribution is 2.20. The van der Waals surface area contributed by atoms with E-state index in [4.69, 9.17) is 11.6 Å². The maximum atomic E-state index is 11.6. The lowest BCUT2D eigenvalue weighted by Crippen LogP contribution is -2.45. The molecule has 0 saturated carbocycles. The predicted molar refractivity (Wildman–Crippen MR) is 84.7 cm³/mol. The van der Waals surface area contributed by atoms with E-state index >= 15 is 0 Å². The second-order valence-corrected chi connectivity index (χ2v) is 4.98. The van der Waals surface area contributed by atoms with Crippen molar-refractivity contribution in [3.63, 3.8) is 0 Å². The number of hydrogen-bond acceptors (Lipinski definition) is 3. The first kappa shape index (κ1) is 13.6. The molecule has 0 unspecified atom stereocenters. The van der Waals surface area contributed by atoms with Crippen LogP contribution in [0.4, 0.5) is 10.5 Å². The number of anilines is 1. The third-order valence-electron chi connectivity index (χ3n) is 3.30. The van der Waals surface area contributed by atoms with Crippen LogP contribution in [-0.4, -0.2) is 29.2 Å². The molecule has 0 aromatic heterocycles. The van der Waals surface area contributed by atoms with Crippen LogP contribution in [0.15, 0.2) is 65.8 Å². The van der Waals surface area contributed by atoms with Crippen molar-refractivity contribution in [2.24, 2.45) is 5.10 Å². The van der Waals surface area contributed by atoms with Crippen molar-refractivity contribution in [3.05, 3.63) is 66.2 Å². The minimum atomic E-state index is -0.509. The Morgan fingerprint density at radius 2 is 1.57 bits per heavy atom. The van der Waals surface area contributed by atoms with Gasteiger partial charge in [0.15, 0.2) is 5.84 Å². The molecule has 0 radical (unpaired) electrons. The van der Waals surface area contributed by atoms with Crippen molar-refractivity contribution in [1.29, 1.82) is 0 Å². The first-order valence-corrected chi connectivity index (χ1v) is 7.07. The highest BCUT2D eigenvalue weighted by atomic mass is 35.5. The zero-order chi connectivity index (χ0) is 14.7. The van der Waals surface area contributed by atoms with Crippen molar-refractivity contribution in [1.82, 2.24) is 4.90 Å². The first-order chi connectivity index (χ1) is 10.3. The van der Waals surface area contributed by atoms with E-state index in [0.717, 1.165) is 11.3 Å². The summed E-state index contributed by atoms with van der Waals surface area (Å²) in [5.41, 5.74) is 1.86. The van der Waals surface area contributed by atoms with Gasteiger partial charge in [0, 0.05) is 12.1 Å². The molecule has 21 heavy (non-hydrogen) atoms. The van der Waals surface area contributed by atoms with Gasteiger partial charge in [-0.05, 0) is 23.7 Å². The van der Waals surface area contributed by atoms with Crippen molar-refractivity contribution in [2.75, 3.05) is 18.1 Å². The summed E-state index contributed by atoms with van der Waals surface area (Å²) in [5, 5.41) is 5.97. The Hall–Kier alpha value is -2.33. The van der Waals surface area contributed by atoms with Gasteiger partial charge < -0.3 is 0 Å². The molecule has 2 aromatic rings. The summed E-state index contributed by atoms with van der Waals surface area (Å²) >= 11 is 5.68. The van der Waals surface area contributed by atoms with E-state index in [0.29, 0.717) is 18.9 Å². The number of hydrogen-bond donors (Lipinski definition) is 0. The number of halogens is 1. The number of nitrogens with zero attached hydrogens (tertiary/aromatic N) is 3. The van der Waals surface area contributed by atoms with Crippen molar-refractivity contribution < 1.29 is 4.79 Å². The standard InChI is InChI=1S/C16H14ClN3O/c17-16(21)19-11-12-20(14-9-5-2-6-10-14)18-15(19)13-7-3-1-4-8-13/h1-10H,11-12H2. The summed E-state index contributed by atoms with van der Waals surface area (Å²) < 4.78 is 0. The number of amidine groups is 1. The van der Waals surface area contributed by atoms with Crippen molar-refractivity contribution in [2.45, 2.75) is 0 Å². The Morgan fingerprint density at radius 1 is 0.952 bits per heavy atom. The van der Waals surface area contributed by atoms with E-state index in [1.165, 1.54) is 4.90 Å². The van der Waals surface area contributed by atoms with Crippen LogP contribution >= 0.6 is 11.6 Å². The fourth-order valence-electron chi connectivity index (χ4n) is 2.28. The highest BCUT2D eigenvalue weighted by molar-refractivity contribution is 6.64. The molecule has 0 fully saturated rings. The lowest BCUT2D eigenvalue weighted by atomic mass is 10.2. The zero-order valence-corrected chi connectivity index (χ0v) is 12.1. The van der Waals surface area contributed by atoms with Crippen molar-refractivity contribution in [3.8, 4) is 0 Å². The average molecular weight is 300 g/mol. The molecule has 0 saturated heterocycles. The van der Waals surface area contributed by atoms with Gasteiger partial charge in [0.05, 0.1) is 12.2 Å². The molecule has 106 valence electrons. The molecular weight excluding hydrogens is 286 g/mol. The second-order valence-electron chi connectivity index (χ2n) is 4.65. The van der Waals surface area contributed by atoms with Crippen LogP contribution in [0.2, 0.25) is 0 Å². The smallest absolute Gasteiger partial charge is 0.279 e. The molecule has 0 atom stereocenters. The molecule has 1 amide bonds. The molecule has 0 spiro atoms. The maximum absolute atomic E-state index is 11.6. The SMILES string of the molecule is O=C(Cl)N1CCN(c2ccccc2)N=C1c1ccccc1. The van der Waals surface area contributed by atoms with Gasteiger partial charge in [-0.2, -0.15) is 5.10 Å². The molecular formula is C16H14ClN3O. The maximum Gasteiger partial charge on any atom is 0.322 e. The van der Waals surface area contributed by atoms with E-state index in [2.05, 4.69) is 5.10 Å². The third-order valence-corrected chi connectivity index (χ3v) is 3.51. The Kier molecular flexibility index (Phi) is 3.88. The topological polar surface area (TPSA) is 35.9 Å². The predicted octanol–water partition coefficient (Wildman–Crippen LogP) is 3.53. The molecule has 1 aliphatic heterocycles. The molecule has 0 N–H and O–H groups in total. The lowest BCUT2D eigenvalue weighted by molar-refractivity contribution is 0.242. The number of hydrazone groups is 1. The minimum absolute atomic E-state index is 0.505. The lowest BCUT2D eigenvalue weighted by Gasteiger charge is -2.32. The molecule has 4 nitrogen and oxygen atoms in total. The number of carbonyl (C=O) groups is 1. The van der Waals surface area contributed by atoms with Gasteiger partial charge in [-0.15, -0.1) is 0 Å². The Labute approximate surface area is 128 Å². The fourth-order valence-corrected chi connectivity index (χ4v) is 2.44. The van der Waals surface area contributed by atoms with Crippen LogP contribution in [0, 0.1) is 0 Å². The van der Waals surface area contributed by atoms with Gasteiger partial charge in [0.1, 0.15) is 0 Å². The fraction of sp³-hybridized carbons (Fsp3) is 0.125. The van der Waals surface area contributed by atoms with E-state index in [1.807, 2.05) is 65.7 Å². The molecule has 5 heteroatoms. The van der Waals surface area contributed by atoms with Crippen LogP contribution in [0.5, 0.6) is 0 Å². The zero-order valence-electron chi connectivity index (χ0n) is 11.3. The summed E-state index contributed by atoms with van der Waals surface area (Å²) in [6.07, 6.45) is 0. The van der Waals surface area contributed by atoms with Crippen LogP contribution in [0.3, 0.4) is 0 Å². The van der Waals surface area contributed by atoms with E-state index in [-0.39, 0.29) is 0 Å². The summed E-state index contributed by atoms with van der Waals surface area (Å²) in [6, 6.07) is 19.5. The van der Waals surface area contributed by atoms with Crippen LogP contribution in [0.1, 0.15) is 5.56 Å². The largest absolute Gasteiger partial charge is 0.322 e. The average Bonchev–Trinajstić information content (AvgIpc) is 2.56. The van der Waals surface area contributed by atoms with Gasteiger partial charge in [0.25, 0.3) is 0 Å². The summed E-state index contributed by atoms with van der Waals surface area (Å²) in [4.78, 5) is 13.1. The van der Waals surface area contributed by atoms with Gasteiger partial charge in [-0.1, -0.05) is 48.5 Å². The van der Waals surface area contributed by atoms with E-state index in [1.54, 1.807) is 0 Å². The number of benzene rings is 2.